The first-order valence-electron chi connectivity index (χ1n) is 8.35. The van der Waals surface area contributed by atoms with Gasteiger partial charge >= 0.3 is 0 Å². The van der Waals surface area contributed by atoms with E-state index in [4.69, 9.17) is 0 Å². The van der Waals surface area contributed by atoms with Gasteiger partial charge in [0.15, 0.2) is 0 Å². The zero-order valence-corrected chi connectivity index (χ0v) is 14.0. The number of amides is 1. The van der Waals surface area contributed by atoms with Gasteiger partial charge in [-0.1, -0.05) is 36.8 Å². The molecule has 5 nitrogen and oxygen atoms in total. The van der Waals surface area contributed by atoms with Gasteiger partial charge in [0.1, 0.15) is 0 Å². The fraction of sp³-hybridized carbons (Fsp3) is 0.588. The summed E-state index contributed by atoms with van der Waals surface area (Å²) in [6.07, 6.45) is 4.28. The minimum atomic E-state index is -3.28. The summed E-state index contributed by atoms with van der Waals surface area (Å²) >= 11 is 0. The second-order valence-corrected chi connectivity index (χ2v) is 8.54. The minimum absolute atomic E-state index is 0.0111. The van der Waals surface area contributed by atoms with Gasteiger partial charge in [0.25, 0.3) is 0 Å². The number of rotatable bonds is 8. The zero-order chi connectivity index (χ0) is 16.3. The van der Waals surface area contributed by atoms with E-state index in [1.54, 1.807) is 0 Å². The molecule has 23 heavy (non-hydrogen) atoms. The fourth-order valence-corrected chi connectivity index (χ4v) is 4.01. The molecule has 1 amide bonds. The van der Waals surface area contributed by atoms with Crippen molar-refractivity contribution in [1.82, 2.24) is 10.0 Å². The summed E-state index contributed by atoms with van der Waals surface area (Å²) in [6, 6.07) is 9.98. The highest BCUT2D eigenvalue weighted by molar-refractivity contribution is 7.89. The predicted molar refractivity (Wildman–Crippen MR) is 89.4 cm³/mol. The smallest absolute Gasteiger partial charge is 0.223 e. The Balaban J connectivity index is 1.36. The third-order valence-electron chi connectivity index (χ3n) is 4.84. The van der Waals surface area contributed by atoms with Crippen LogP contribution < -0.4 is 10.0 Å². The van der Waals surface area contributed by atoms with Crippen LogP contribution in [0.15, 0.2) is 30.3 Å². The highest BCUT2D eigenvalue weighted by atomic mass is 32.2. The van der Waals surface area contributed by atoms with Crippen LogP contribution in [-0.4, -0.2) is 33.2 Å². The Kier molecular flexibility index (Phi) is 5.02. The second-order valence-electron chi connectivity index (χ2n) is 6.61. The largest absolute Gasteiger partial charge is 0.355 e. The second kappa shape index (κ2) is 7.01. The highest BCUT2D eigenvalue weighted by Crippen LogP contribution is 2.47. The number of benzene rings is 1. The van der Waals surface area contributed by atoms with Gasteiger partial charge in [0.2, 0.25) is 15.9 Å². The Labute approximate surface area is 137 Å². The number of carbonyl (C=O) groups excluding carboxylic acids is 1. The van der Waals surface area contributed by atoms with E-state index in [0.29, 0.717) is 12.5 Å². The van der Waals surface area contributed by atoms with Crippen molar-refractivity contribution in [3.05, 3.63) is 35.9 Å². The minimum Gasteiger partial charge on any atom is -0.355 e. The maximum Gasteiger partial charge on any atom is 0.223 e. The van der Waals surface area contributed by atoms with Gasteiger partial charge in [-0.15, -0.1) is 0 Å². The molecule has 0 heterocycles. The number of nitrogens with one attached hydrogen (secondary N) is 2. The Morgan fingerprint density at radius 2 is 1.91 bits per heavy atom. The molecule has 126 valence electrons. The van der Waals surface area contributed by atoms with E-state index in [2.05, 4.69) is 10.0 Å². The summed E-state index contributed by atoms with van der Waals surface area (Å²) in [5, 5.41) is 2.76. The van der Waals surface area contributed by atoms with E-state index < -0.39 is 10.0 Å². The maximum atomic E-state index is 12.1. The third-order valence-corrected chi connectivity index (χ3v) is 6.19. The van der Waals surface area contributed by atoms with E-state index in [9.17, 15) is 13.2 Å². The van der Waals surface area contributed by atoms with Crippen LogP contribution >= 0.6 is 0 Å². The molecule has 0 aliphatic heterocycles. The maximum absolute atomic E-state index is 12.1. The average Bonchev–Trinajstić information content (AvgIpc) is 3.26. The predicted octanol–water partition coefficient (Wildman–Crippen LogP) is 1.63. The van der Waals surface area contributed by atoms with Crippen LogP contribution in [0.4, 0.5) is 0 Å². The molecule has 2 aliphatic carbocycles. The third kappa shape index (κ3) is 4.54. The monoisotopic (exact) mass is 336 g/mol. The van der Waals surface area contributed by atoms with E-state index in [0.717, 1.165) is 19.3 Å². The summed E-state index contributed by atoms with van der Waals surface area (Å²) in [5.41, 5.74) is 1.18. The quantitative estimate of drug-likeness (QED) is 0.757. The molecule has 0 radical (unpaired) electrons. The van der Waals surface area contributed by atoms with Crippen LogP contribution in [0.3, 0.4) is 0 Å². The zero-order valence-electron chi connectivity index (χ0n) is 13.2. The molecule has 6 heteroatoms. The molecule has 0 aromatic heterocycles. The summed E-state index contributed by atoms with van der Waals surface area (Å²) < 4.78 is 26.4. The van der Waals surface area contributed by atoms with Crippen LogP contribution in [0.25, 0.3) is 0 Å². The fourth-order valence-electron chi connectivity index (χ4n) is 3.01. The first-order chi connectivity index (χ1) is 11.1. The van der Waals surface area contributed by atoms with Crippen molar-refractivity contribution in [2.45, 2.75) is 31.6 Å². The van der Waals surface area contributed by atoms with Crippen LogP contribution in [0.2, 0.25) is 0 Å². The van der Waals surface area contributed by atoms with Crippen molar-refractivity contribution in [2.75, 3.05) is 18.8 Å². The highest BCUT2D eigenvalue weighted by Gasteiger charge is 2.43. The van der Waals surface area contributed by atoms with Gasteiger partial charge in [-0.25, -0.2) is 13.1 Å². The molecule has 2 saturated carbocycles. The first-order valence-corrected chi connectivity index (χ1v) is 10.0. The molecule has 0 saturated heterocycles. The summed E-state index contributed by atoms with van der Waals surface area (Å²) in [7, 11) is -3.28. The number of carbonyl (C=O) groups is 1. The molecule has 2 atom stereocenters. The first kappa shape index (κ1) is 16.5. The van der Waals surface area contributed by atoms with Gasteiger partial charge < -0.3 is 5.32 Å². The number of sulfonamides is 1. The van der Waals surface area contributed by atoms with Crippen LogP contribution in [0.5, 0.6) is 0 Å². The van der Waals surface area contributed by atoms with E-state index >= 15 is 0 Å². The standard InChI is InChI=1S/C17H24N2O3S/c20-17(16-11-15(16)14-7-2-1-3-8-14)18-9-10-23(21,22)19-12-13-5-4-6-13/h1-3,7-8,13,15-16,19H,4-6,9-12H2,(H,18,20)/t15-,16+/m1/s1. The molecule has 1 aromatic carbocycles. The Morgan fingerprint density at radius 3 is 2.57 bits per heavy atom. The van der Waals surface area contributed by atoms with Crippen LogP contribution in [0.1, 0.15) is 37.2 Å². The molecule has 0 bridgehead atoms. The molecular formula is C17H24N2O3S. The molecule has 0 unspecified atom stereocenters. The van der Waals surface area contributed by atoms with Crippen molar-refractivity contribution in [3.63, 3.8) is 0 Å². The van der Waals surface area contributed by atoms with Gasteiger partial charge in [-0.2, -0.15) is 0 Å². The summed E-state index contributed by atoms with van der Waals surface area (Å²) in [4.78, 5) is 12.1. The molecule has 1 aromatic rings. The Morgan fingerprint density at radius 1 is 1.17 bits per heavy atom. The van der Waals surface area contributed by atoms with Gasteiger partial charge in [0.05, 0.1) is 5.75 Å². The normalized spacial score (nSPS) is 24.0. The molecule has 2 fully saturated rings. The molecule has 2 N–H and O–H groups in total. The van der Waals surface area contributed by atoms with Crippen molar-refractivity contribution >= 4 is 15.9 Å². The van der Waals surface area contributed by atoms with Gasteiger partial charge in [-0.05, 0) is 36.7 Å². The van der Waals surface area contributed by atoms with Crippen molar-refractivity contribution in [3.8, 4) is 0 Å². The van der Waals surface area contributed by atoms with E-state index in [1.165, 1.54) is 12.0 Å². The summed E-state index contributed by atoms with van der Waals surface area (Å²) in [6.45, 7) is 0.714. The van der Waals surface area contributed by atoms with E-state index in [1.807, 2.05) is 30.3 Å². The van der Waals surface area contributed by atoms with Crippen molar-refractivity contribution in [2.24, 2.45) is 11.8 Å². The van der Waals surface area contributed by atoms with E-state index in [-0.39, 0.29) is 30.0 Å². The van der Waals surface area contributed by atoms with Crippen molar-refractivity contribution in [1.29, 1.82) is 0 Å². The number of hydrogen-bond acceptors (Lipinski definition) is 3. The Bertz CT molecular complexity index is 641. The lowest BCUT2D eigenvalue weighted by atomic mass is 9.86. The van der Waals surface area contributed by atoms with Crippen molar-refractivity contribution < 1.29 is 13.2 Å². The molecular weight excluding hydrogens is 312 g/mol. The lowest BCUT2D eigenvalue weighted by Gasteiger charge is -2.25. The summed E-state index contributed by atoms with van der Waals surface area (Å²) in [5.74, 6) is 0.687. The SMILES string of the molecule is O=C(NCCS(=O)(=O)NCC1CCC1)[C@H]1C[C@@H]1c1ccccc1. The van der Waals surface area contributed by atoms with Crippen LogP contribution in [-0.2, 0) is 14.8 Å². The Hall–Kier alpha value is -1.40. The van der Waals surface area contributed by atoms with Crippen LogP contribution in [0, 0.1) is 11.8 Å². The number of hydrogen-bond donors (Lipinski definition) is 2. The lowest BCUT2D eigenvalue weighted by Crippen LogP contribution is -2.38. The molecule has 2 aliphatic rings. The molecule has 0 spiro atoms. The lowest BCUT2D eigenvalue weighted by molar-refractivity contribution is -0.122. The topological polar surface area (TPSA) is 75.3 Å². The van der Waals surface area contributed by atoms with Gasteiger partial charge in [-0.3, -0.25) is 4.79 Å². The average molecular weight is 336 g/mol. The van der Waals surface area contributed by atoms with Gasteiger partial charge in [0, 0.05) is 19.0 Å². The molecule has 3 rings (SSSR count).